The van der Waals surface area contributed by atoms with Crippen LogP contribution < -0.4 is 14.1 Å². The molecule has 150 valence electrons. The van der Waals surface area contributed by atoms with Gasteiger partial charge in [-0.25, -0.2) is 4.57 Å². The molecule has 9 nitrogen and oxygen atoms in total. The first kappa shape index (κ1) is 20.3. The Kier molecular flexibility index (Phi) is 5.81. The molecule has 0 saturated heterocycles. The Morgan fingerprint density at radius 2 is 1.72 bits per heavy atom. The Morgan fingerprint density at radius 3 is 2.38 bits per heavy atom. The van der Waals surface area contributed by atoms with E-state index < -0.39 is 24.7 Å². The van der Waals surface area contributed by atoms with Gasteiger partial charge < -0.3 is 14.2 Å². The molecule has 0 spiro atoms. The molecule has 0 aliphatic heterocycles. The summed E-state index contributed by atoms with van der Waals surface area (Å²) in [6.07, 6.45) is 0. The van der Waals surface area contributed by atoms with Gasteiger partial charge in [0.15, 0.2) is 0 Å². The zero-order valence-corrected chi connectivity index (χ0v) is 16.1. The number of fused-ring (bicyclic) bond motifs is 1. The van der Waals surface area contributed by atoms with Gasteiger partial charge in [0.05, 0.1) is 4.92 Å². The lowest BCUT2D eigenvalue weighted by Gasteiger charge is -2.22. The van der Waals surface area contributed by atoms with Gasteiger partial charge in [-0.15, -0.1) is 0 Å². The Bertz CT molecular complexity index is 1100. The van der Waals surface area contributed by atoms with Crippen LogP contribution in [-0.2, 0) is 9.36 Å². The predicted molar refractivity (Wildman–Crippen MR) is 106 cm³/mol. The van der Waals surface area contributed by atoms with Crippen LogP contribution in [0.25, 0.3) is 10.8 Å². The van der Waals surface area contributed by atoms with Gasteiger partial charge in [0, 0.05) is 17.5 Å². The molecule has 3 aromatic carbocycles. The lowest BCUT2D eigenvalue weighted by Crippen LogP contribution is -2.34. The summed E-state index contributed by atoms with van der Waals surface area (Å²) < 4.78 is 24.5. The number of non-ortho nitro benzene ring substituents is 1. The van der Waals surface area contributed by atoms with Crippen molar-refractivity contribution in [3.63, 3.8) is 0 Å². The second-order valence-corrected chi connectivity index (χ2v) is 7.72. The first-order valence-corrected chi connectivity index (χ1v) is 10.0. The van der Waals surface area contributed by atoms with Gasteiger partial charge in [-0.05, 0) is 30.5 Å². The summed E-state index contributed by atoms with van der Waals surface area (Å²) >= 11 is 0. The monoisotopic (exact) mass is 416 g/mol. The molecule has 0 aliphatic rings. The maximum absolute atomic E-state index is 13.4. The second-order valence-electron chi connectivity index (χ2n) is 6.10. The number of carboxylic acids is 1. The molecule has 0 saturated carbocycles. The molecule has 3 aromatic rings. The molecular weight excluding hydrogens is 399 g/mol. The van der Waals surface area contributed by atoms with Gasteiger partial charge in [0.25, 0.3) is 5.69 Å². The summed E-state index contributed by atoms with van der Waals surface area (Å²) in [7, 11) is -4.22. The van der Waals surface area contributed by atoms with Crippen molar-refractivity contribution in [2.75, 3.05) is 0 Å². The maximum Gasteiger partial charge on any atom is 0.513 e. The number of hydrogen-bond acceptors (Lipinski definition) is 6. The molecule has 29 heavy (non-hydrogen) atoms. The summed E-state index contributed by atoms with van der Waals surface area (Å²) in [5.74, 6) is -0.998. The van der Waals surface area contributed by atoms with Crippen LogP contribution in [0.1, 0.15) is 6.92 Å². The van der Waals surface area contributed by atoms with E-state index in [9.17, 15) is 24.6 Å². The number of nitro groups is 1. The van der Waals surface area contributed by atoms with E-state index in [-0.39, 0.29) is 17.2 Å². The number of benzene rings is 3. The Hall–Kier alpha value is -3.42. The van der Waals surface area contributed by atoms with Crippen LogP contribution in [0, 0.1) is 10.1 Å². The van der Waals surface area contributed by atoms with E-state index in [4.69, 9.17) is 9.05 Å². The number of nitrogens with zero attached hydrogens (tertiary/aromatic N) is 1. The summed E-state index contributed by atoms with van der Waals surface area (Å²) in [5.41, 5.74) is -0.172. The third kappa shape index (κ3) is 4.90. The highest BCUT2D eigenvalue weighted by Gasteiger charge is 2.33. The average molecular weight is 416 g/mol. The van der Waals surface area contributed by atoms with E-state index >= 15 is 0 Å². The minimum Gasteiger partial charge on any atom is -0.480 e. The van der Waals surface area contributed by atoms with E-state index in [1.54, 1.807) is 24.3 Å². The normalized spacial score (nSPS) is 14.0. The molecule has 1 unspecified atom stereocenters. The van der Waals surface area contributed by atoms with Crippen molar-refractivity contribution in [1.82, 2.24) is 5.09 Å². The van der Waals surface area contributed by atoms with E-state index in [1.807, 2.05) is 18.2 Å². The minimum atomic E-state index is -4.22. The standard InChI is InChI=1S/C19H17N2O7P/c1-13(19(22)23)20-29(26,27-16-11-9-15(10-12-16)21(24)25)28-18-8-4-6-14-5-2-3-7-17(14)18/h2-13H,1H3,(H,20,26)(H,22,23)/t13-,29?/m0/s1. The van der Waals surface area contributed by atoms with Crippen LogP contribution in [0.5, 0.6) is 11.5 Å². The van der Waals surface area contributed by atoms with Crippen molar-refractivity contribution in [2.24, 2.45) is 0 Å². The summed E-state index contributed by atoms with van der Waals surface area (Å²) in [5, 5.41) is 23.8. The third-order valence-electron chi connectivity index (χ3n) is 3.96. The zero-order valence-electron chi connectivity index (χ0n) is 15.2. The van der Waals surface area contributed by atoms with Crippen LogP contribution in [0.15, 0.2) is 66.7 Å². The minimum absolute atomic E-state index is 0.0178. The van der Waals surface area contributed by atoms with Gasteiger partial charge in [-0.3, -0.25) is 14.9 Å². The van der Waals surface area contributed by atoms with Gasteiger partial charge in [0.2, 0.25) is 0 Å². The highest BCUT2D eigenvalue weighted by Crippen LogP contribution is 2.47. The molecule has 0 amide bonds. The van der Waals surface area contributed by atoms with E-state index in [0.717, 1.165) is 5.39 Å². The van der Waals surface area contributed by atoms with Crippen LogP contribution in [-0.4, -0.2) is 22.0 Å². The van der Waals surface area contributed by atoms with Crippen molar-refractivity contribution in [3.05, 3.63) is 76.8 Å². The van der Waals surface area contributed by atoms with Gasteiger partial charge in [-0.1, -0.05) is 36.4 Å². The first-order chi connectivity index (χ1) is 13.8. The van der Waals surface area contributed by atoms with Crippen molar-refractivity contribution >= 4 is 30.2 Å². The van der Waals surface area contributed by atoms with Gasteiger partial charge >= 0.3 is 13.7 Å². The van der Waals surface area contributed by atoms with Crippen molar-refractivity contribution in [2.45, 2.75) is 13.0 Å². The van der Waals surface area contributed by atoms with E-state index in [1.165, 1.54) is 31.2 Å². The zero-order chi connectivity index (χ0) is 21.0. The van der Waals surface area contributed by atoms with Gasteiger partial charge in [0.1, 0.15) is 17.5 Å². The number of nitro benzene ring substituents is 1. The van der Waals surface area contributed by atoms with E-state index in [2.05, 4.69) is 5.09 Å². The molecule has 0 fully saturated rings. The number of hydrogen-bond donors (Lipinski definition) is 2. The quantitative estimate of drug-likeness (QED) is 0.315. The van der Waals surface area contributed by atoms with Gasteiger partial charge in [-0.2, -0.15) is 5.09 Å². The summed E-state index contributed by atoms with van der Waals surface area (Å²) in [6, 6.07) is 16.0. The van der Waals surface area contributed by atoms with Crippen molar-refractivity contribution < 1.29 is 28.4 Å². The Labute approximate surface area is 165 Å². The first-order valence-electron chi connectivity index (χ1n) is 8.49. The third-order valence-corrected chi connectivity index (χ3v) is 5.56. The van der Waals surface area contributed by atoms with E-state index in [0.29, 0.717) is 5.39 Å². The van der Waals surface area contributed by atoms with Crippen LogP contribution in [0.3, 0.4) is 0 Å². The Morgan fingerprint density at radius 1 is 1.07 bits per heavy atom. The molecule has 0 bridgehead atoms. The SMILES string of the molecule is C[C@H](NP(=O)(Oc1ccc([N+](=O)[O-])cc1)Oc1cccc2ccccc12)C(=O)O. The number of aliphatic carboxylic acids is 1. The lowest BCUT2D eigenvalue weighted by atomic mass is 10.1. The van der Waals surface area contributed by atoms with Crippen LogP contribution in [0.4, 0.5) is 5.69 Å². The smallest absolute Gasteiger partial charge is 0.480 e. The molecule has 2 atom stereocenters. The molecule has 0 radical (unpaired) electrons. The maximum atomic E-state index is 13.4. The number of rotatable bonds is 8. The number of carbonyl (C=O) groups is 1. The fraction of sp³-hybridized carbons (Fsp3) is 0.105. The molecule has 2 N–H and O–H groups in total. The van der Waals surface area contributed by atoms with Crippen molar-refractivity contribution in [1.29, 1.82) is 0 Å². The lowest BCUT2D eigenvalue weighted by molar-refractivity contribution is -0.384. The van der Waals surface area contributed by atoms with Crippen LogP contribution in [0.2, 0.25) is 0 Å². The number of nitrogens with one attached hydrogen (secondary N) is 1. The fourth-order valence-electron chi connectivity index (χ4n) is 2.54. The highest BCUT2D eigenvalue weighted by atomic mass is 31.2. The van der Waals surface area contributed by atoms with Crippen LogP contribution >= 0.6 is 7.75 Å². The summed E-state index contributed by atoms with van der Waals surface area (Å²) in [6.45, 7) is 1.29. The average Bonchev–Trinajstić information content (AvgIpc) is 2.68. The molecule has 3 rings (SSSR count). The number of carboxylic acid groups (broad SMARTS) is 1. The fourth-order valence-corrected chi connectivity index (χ4v) is 4.08. The highest BCUT2D eigenvalue weighted by molar-refractivity contribution is 7.52. The Balaban J connectivity index is 1.95. The van der Waals surface area contributed by atoms with Crippen molar-refractivity contribution in [3.8, 4) is 11.5 Å². The second kappa shape index (κ2) is 8.30. The molecular formula is C19H17N2O7P. The summed E-state index contributed by atoms with van der Waals surface area (Å²) in [4.78, 5) is 21.5. The topological polar surface area (TPSA) is 128 Å². The molecule has 0 aliphatic carbocycles. The molecule has 0 heterocycles. The molecule has 10 heteroatoms. The largest absolute Gasteiger partial charge is 0.513 e. The molecule has 0 aromatic heterocycles. The predicted octanol–water partition coefficient (Wildman–Crippen LogP) is 4.38.